The van der Waals surface area contributed by atoms with Crippen LogP contribution < -0.4 is 10.9 Å². The van der Waals surface area contributed by atoms with Gasteiger partial charge in [0.25, 0.3) is 5.56 Å². The maximum Gasteiger partial charge on any atom is 0.258 e. The second-order valence-corrected chi connectivity index (χ2v) is 7.17. The predicted molar refractivity (Wildman–Crippen MR) is 101 cm³/mol. The van der Waals surface area contributed by atoms with Crippen molar-refractivity contribution >= 4 is 22.4 Å². The molecule has 0 atom stereocenters. The van der Waals surface area contributed by atoms with Crippen molar-refractivity contribution in [3.8, 4) is 0 Å². The fourth-order valence-corrected chi connectivity index (χ4v) is 3.77. The summed E-state index contributed by atoms with van der Waals surface area (Å²) in [7, 11) is 0. The van der Waals surface area contributed by atoms with E-state index in [0.29, 0.717) is 29.3 Å². The highest BCUT2D eigenvalue weighted by Crippen LogP contribution is 2.30. The fourth-order valence-electron chi connectivity index (χ4n) is 3.77. The van der Waals surface area contributed by atoms with E-state index in [4.69, 9.17) is 5.11 Å². The van der Waals surface area contributed by atoms with Crippen LogP contribution in [0.3, 0.4) is 0 Å². The van der Waals surface area contributed by atoms with E-state index in [2.05, 4.69) is 5.32 Å². The minimum atomic E-state index is -0.932. The van der Waals surface area contributed by atoms with Gasteiger partial charge in [-0.3, -0.25) is 9.59 Å². The molecule has 1 aliphatic rings. The van der Waals surface area contributed by atoms with E-state index in [0.717, 1.165) is 25.7 Å². The highest BCUT2D eigenvalue weighted by molar-refractivity contribution is 6.02. The summed E-state index contributed by atoms with van der Waals surface area (Å²) in [5.41, 5.74) is -0.563. The molecule has 0 unspecified atom stereocenters. The fraction of sp³-hybridized carbons (Fsp3) is 0.500. The molecule has 0 saturated heterocycles. The molecule has 1 heterocycles. The summed E-state index contributed by atoms with van der Waals surface area (Å²) in [5, 5.41) is 23.8. The average molecular weight is 358 g/mol. The first-order valence-corrected chi connectivity index (χ1v) is 9.28. The molecule has 6 heteroatoms. The summed E-state index contributed by atoms with van der Waals surface area (Å²) in [6.07, 6.45) is 7.11. The number of amides is 1. The Morgan fingerprint density at radius 3 is 2.54 bits per heavy atom. The summed E-state index contributed by atoms with van der Waals surface area (Å²) in [5.74, 6) is -0.235. The number of carbonyl (C=O) groups excluding carboxylic acids is 1. The van der Waals surface area contributed by atoms with E-state index < -0.39 is 5.60 Å². The number of benzene rings is 1. The van der Waals surface area contributed by atoms with E-state index in [1.54, 1.807) is 30.5 Å². The van der Waals surface area contributed by atoms with Gasteiger partial charge in [0, 0.05) is 29.2 Å². The monoisotopic (exact) mass is 358 g/mol. The molecule has 1 amide bonds. The maximum atomic E-state index is 12.5. The number of fused-ring (bicyclic) bond motifs is 1. The zero-order valence-corrected chi connectivity index (χ0v) is 14.9. The Hall–Kier alpha value is -2.18. The van der Waals surface area contributed by atoms with Gasteiger partial charge in [-0.25, -0.2) is 0 Å². The van der Waals surface area contributed by atoms with Gasteiger partial charge in [-0.15, -0.1) is 0 Å². The van der Waals surface area contributed by atoms with Crippen molar-refractivity contribution in [2.24, 2.45) is 0 Å². The third kappa shape index (κ3) is 4.14. The third-order valence-corrected chi connectivity index (χ3v) is 5.16. The normalized spacial score (nSPS) is 17.0. The number of anilines is 1. The Labute approximate surface area is 152 Å². The molecule has 2 aromatic rings. The van der Waals surface area contributed by atoms with Gasteiger partial charge in [-0.1, -0.05) is 31.7 Å². The highest BCUT2D eigenvalue weighted by Gasteiger charge is 2.30. The van der Waals surface area contributed by atoms with E-state index in [1.165, 1.54) is 4.57 Å². The van der Waals surface area contributed by atoms with Gasteiger partial charge in [-0.2, -0.15) is 0 Å². The van der Waals surface area contributed by atoms with Gasteiger partial charge in [0.05, 0.1) is 18.6 Å². The van der Waals surface area contributed by atoms with Gasteiger partial charge < -0.3 is 20.1 Å². The number of carbonyl (C=O) groups is 1. The lowest BCUT2D eigenvalue weighted by molar-refractivity contribution is -0.121. The first-order chi connectivity index (χ1) is 12.5. The number of hydrogen-bond donors (Lipinski definition) is 3. The van der Waals surface area contributed by atoms with Gasteiger partial charge in [0.2, 0.25) is 5.91 Å². The van der Waals surface area contributed by atoms with Crippen LogP contribution in [0.25, 0.3) is 10.8 Å². The Morgan fingerprint density at radius 1 is 1.12 bits per heavy atom. The smallest absolute Gasteiger partial charge is 0.258 e. The molecule has 0 spiro atoms. The average Bonchev–Trinajstić information content (AvgIpc) is 2.82. The van der Waals surface area contributed by atoms with Gasteiger partial charge in [0.15, 0.2) is 0 Å². The maximum absolute atomic E-state index is 12.5. The molecule has 3 N–H and O–H groups in total. The van der Waals surface area contributed by atoms with E-state index >= 15 is 0 Å². The first kappa shape index (κ1) is 18.6. The molecule has 0 bridgehead atoms. The van der Waals surface area contributed by atoms with E-state index in [-0.39, 0.29) is 31.0 Å². The molecule has 1 aromatic heterocycles. The van der Waals surface area contributed by atoms with Gasteiger partial charge >= 0.3 is 0 Å². The number of aliphatic hydroxyl groups excluding tert-OH is 1. The van der Waals surface area contributed by atoms with Crippen LogP contribution in [0.2, 0.25) is 0 Å². The zero-order valence-electron chi connectivity index (χ0n) is 14.9. The molecule has 3 rings (SSSR count). The van der Waals surface area contributed by atoms with Crippen LogP contribution in [0, 0.1) is 0 Å². The Balaban J connectivity index is 1.81. The largest absolute Gasteiger partial charge is 0.395 e. The SMILES string of the molecule is O=C(CC1(O)CCCCCC1)Nc1cccc2c(=O)n(CCO)ccc12. The van der Waals surface area contributed by atoms with Crippen molar-refractivity contribution in [2.75, 3.05) is 11.9 Å². The number of aromatic nitrogens is 1. The summed E-state index contributed by atoms with van der Waals surface area (Å²) >= 11 is 0. The number of rotatable bonds is 5. The summed E-state index contributed by atoms with van der Waals surface area (Å²) in [4.78, 5) is 25.0. The van der Waals surface area contributed by atoms with Crippen molar-refractivity contribution in [2.45, 2.75) is 57.1 Å². The molecule has 140 valence electrons. The first-order valence-electron chi connectivity index (χ1n) is 9.28. The number of hydrogen-bond acceptors (Lipinski definition) is 4. The molecule has 26 heavy (non-hydrogen) atoms. The number of nitrogens with zero attached hydrogens (tertiary/aromatic N) is 1. The quantitative estimate of drug-likeness (QED) is 0.716. The van der Waals surface area contributed by atoms with Crippen LogP contribution in [0.1, 0.15) is 44.9 Å². The topological polar surface area (TPSA) is 91.6 Å². The predicted octanol–water partition coefficient (Wildman–Crippen LogP) is 2.41. The standard InChI is InChI=1S/C20H26N2O4/c23-13-12-22-11-8-15-16(19(22)25)6-5-7-17(15)21-18(24)14-20(26)9-3-1-2-4-10-20/h5-8,11,23,26H,1-4,9-10,12-14H2,(H,21,24). The lowest BCUT2D eigenvalue weighted by atomic mass is 9.90. The van der Waals surface area contributed by atoms with Crippen LogP contribution in [0.5, 0.6) is 0 Å². The van der Waals surface area contributed by atoms with E-state index in [1.807, 2.05) is 0 Å². The van der Waals surface area contributed by atoms with Crippen LogP contribution in [-0.4, -0.2) is 32.9 Å². The van der Waals surface area contributed by atoms with Crippen molar-refractivity contribution in [3.05, 3.63) is 40.8 Å². The lowest BCUT2D eigenvalue weighted by Gasteiger charge is -2.26. The van der Waals surface area contributed by atoms with Crippen LogP contribution in [-0.2, 0) is 11.3 Å². The highest BCUT2D eigenvalue weighted by atomic mass is 16.3. The van der Waals surface area contributed by atoms with E-state index in [9.17, 15) is 14.7 Å². The molecule has 1 aromatic carbocycles. The van der Waals surface area contributed by atoms with Crippen molar-refractivity contribution < 1.29 is 15.0 Å². The second kappa shape index (κ2) is 8.01. The van der Waals surface area contributed by atoms with Crippen molar-refractivity contribution in [1.29, 1.82) is 0 Å². The van der Waals surface area contributed by atoms with Crippen LogP contribution >= 0.6 is 0 Å². The minimum Gasteiger partial charge on any atom is -0.395 e. The summed E-state index contributed by atoms with van der Waals surface area (Å²) < 4.78 is 1.45. The molecule has 1 saturated carbocycles. The molecule has 1 aliphatic carbocycles. The lowest BCUT2D eigenvalue weighted by Crippen LogP contribution is -2.33. The second-order valence-electron chi connectivity index (χ2n) is 7.17. The number of aliphatic hydroxyl groups is 2. The van der Waals surface area contributed by atoms with Gasteiger partial charge in [0.1, 0.15) is 0 Å². The molecular formula is C20H26N2O4. The Kier molecular flexibility index (Phi) is 5.74. The summed E-state index contributed by atoms with van der Waals surface area (Å²) in [6, 6.07) is 6.96. The molecule has 1 fully saturated rings. The van der Waals surface area contributed by atoms with Crippen molar-refractivity contribution in [3.63, 3.8) is 0 Å². The van der Waals surface area contributed by atoms with Crippen LogP contribution in [0.4, 0.5) is 5.69 Å². The zero-order chi connectivity index (χ0) is 18.6. The third-order valence-electron chi connectivity index (χ3n) is 5.16. The summed E-state index contributed by atoms with van der Waals surface area (Å²) in [6.45, 7) is 0.124. The molecule has 0 aliphatic heterocycles. The molecular weight excluding hydrogens is 332 g/mol. The van der Waals surface area contributed by atoms with Gasteiger partial charge in [-0.05, 0) is 31.0 Å². The Morgan fingerprint density at radius 2 is 1.85 bits per heavy atom. The Bertz CT molecular complexity index is 835. The molecule has 0 radical (unpaired) electrons. The van der Waals surface area contributed by atoms with Crippen molar-refractivity contribution in [1.82, 2.24) is 4.57 Å². The molecule has 6 nitrogen and oxygen atoms in total. The van der Waals surface area contributed by atoms with Crippen LogP contribution in [0.15, 0.2) is 35.3 Å². The number of pyridine rings is 1. The minimum absolute atomic E-state index is 0.0744. The number of nitrogens with one attached hydrogen (secondary N) is 1.